The fraction of sp³-hybridized carbons (Fsp3) is 0.500. The zero-order valence-electron chi connectivity index (χ0n) is 18.8. The van der Waals surface area contributed by atoms with Gasteiger partial charge >= 0.3 is 0 Å². The van der Waals surface area contributed by atoms with E-state index in [1.54, 1.807) is 17.9 Å². The van der Waals surface area contributed by atoms with Gasteiger partial charge in [-0.05, 0) is 52.2 Å². The van der Waals surface area contributed by atoms with Gasteiger partial charge in [-0.2, -0.15) is 0 Å². The summed E-state index contributed by atoms with van der Waals surface area (Å²) in [6.07, 6.45) is 1.71. The molecular formula is C22H28N4O5S. The Labute approximate surface area is 187 Å². The van der Waals surface area contributed by atoms with Crippen molar-refractivity contribution in [1.29, 1.82) is 0 Å². The number of hydrogen-bond acceptors (Lipinski definition) is 7. The maximum atomic E-state index is 13.5. The van der Waals surface area contributed by atoms with E-state index in [2.05, 4.69) is 14.9 Å². The first-order valence-electron chi connectivity index (χ1n) is 10.8. The highest BCUT2D eigenvalue weighted by atomic mass is 32.2. The van der Waals surface area contributed by atoms with Crippen LogP contribution in [0.2, 0.25) is 0 Å². The molecule has 1 saturated heterocycles. The van der Waals surface area contributed by atoms with Crippen molar-refractivity contribution in [2.45, 2.75) is 53.0 Å². The second-order valence-corrected chi connectivity index (χ2v) is 10.2. The summed E-state index contributed by atoms with van der Waals surface area (Å²) < 4.78 is 37.9. The third kappa shape index (κ3) is 4.42. The monoisotopic (exact) mass is 460 g/mol. The number of likely N-dealkylation sites (tertiary alicyclic amines) is 1. The molecule has 1 fully saturated rings. The third-order valence-corrected chi connectivity index (χ3v) is 7.40. The molecule has 172 valence electrons. The van der Waals surface area contributed by atoms with E-state index in [1.165, 1.54) is 0 Å². The number of nitrogens with zero attached hydrogens (tertiary/aromatic N) is 3. The first kappa shape index (κ1) is 22.5. The molecule has 0 spiro atoms. The Hall–Kier alpha value is -2.72. The average molecular weight is 461 g/mol. The van der Waals surface area contributed by atoms with Crippen LogP contribution in [0.5, 0.6) is 0 Å². The van der Waals surface area contributed by atoms with Crippen LogP contribution in [0.4, 0.5) is 0 Å². The number of carbonyl (C=O) groups is 1. The van der Waals surface area contributed by atoms with Crippen molar-refractivity contribution in [3.63, 3.8) is 0 Å². The van der Waals surface area contributed by atoms with Gasteiger partial charge in [0.25, 0.3) is 11.6 Å². The molecule has 32 heavy (non-hydrogen) atoms. The molecule has 0 saturated carbocycles. The Morgan fingerprint density at radius 1 is 1.22 bits per heavy atom. The van der Waals surface area contributed by atoms with Crippen LogP contribution >= 0.6 is 0 Å². The van der Waals surface area contributed by atoms with Crippen LogP contribution in [-0.2, 0) is 10.0 Å². The molecule has 4 heterocycles. The normalized spacial score (nSPS) is 15.6. The molecule has 3 aromatic heterocycles. The first-order chi connectivity index (χ1) is 15.2. The van der Waals surface area contributed by atoms with Gasteiger partial charge in [-0.15, -0.1) is 0 Å². The van der Waals surface area contributed by atoms with Gasteiger partial charge in [-0.1, -0.05) is 12.1 Å². The minimum Gasteiger partial charge on any atom is -0.466 e. The number of nitrogens with one attached hydrogen (secondary N) is 1. The summed E-state index contributed by atoms with van der Waals surface area (Å²) in [5.41, 5.74) is 2.78. The molecule has 0 radical (unpaired) electrons. The van der Waals surface area contributed by atoms with Crippen molar-refractivity contribution in [2.24, 2.45) is 0 Å². The summed E-state index contributed by atoms with van der Waals surface area (Å²) in [4.78, 5) is 19.8. The van der Waals surface area contributed by atoms with Crippen LogP contribution in [0.3, 0.4) is 0 Å². The molecule has 1 N–H and O–H groups in total. The fourth-order valence-corrected chi connectivity index (χ4v) is 5.64. The van der Waals surface area contributed by atoms with Crippen molar-refractivity contribution < 1.29 is 22.2 Å². The van der Waals surface area contributed by atoms with Gasteiger partial charge in [0.2, 0.25) is 10.0 Å². The summed E-state index contributed by atoms with van der Waals surface area (Å²) >= 11 is 0. The molecule has 9 nitrogen and oxygen atoms in total. The summed E-state index contributed by atoms with van der Waals surface area (Å²) in [7, 11) is -3.28. The van der Waals surface area contributed by atoms with Gasteiger partial charge in [-0.25, -0.2) is 18.1 Å². The van der Waals surface area contributed by atoms with E-state index in [0.29, 0.717) is 66.2 Å². The number of aryl methyl sites for hydroxylation is 3. The summed E-state index contributed by atoms with van der Waals surface area (Å²) in [5.74, 6) is 1.44. The van der Waals surface area contributed by atoms with Gasteiger partial charge in [-0.3, -0.25) is 4.79 Å². The predicted octanol–water partition coefficient (Wildman–Crippen LogP) is 3.34. The number of pyridine rings is 1. The maximum Gasteiger partial charge on any atom is 0.259 e. The third-order valence-electron chi connectivity index (χ3n) is 5.77. The number of furan rings is 1. The van der Waals surface area contributed by atoms with E-state index in [4.69, 9.17) is 8.94 Å². The Balaban J connectivity index is 1.60. The summed E-state index contributed by atoms with van der Waals surface area (Å²) in [6.45, 7) is 8.26. The highest BCUT2D eigenvalue weighted by Crippen LogP contribution is 2.31. The number of amides is 1. The topological polar surface area (TPSA) is 119 Å². The van der Waals surface area contributed by atoms with Crippen LogP contribution in [0.25, 0.3) is 22.4 Å². The minimum absolute atomic E-state index is 0.115. The fourth-order valence-electron chi connectivity index (χ4n) is 4.24. The predicted molar refractivity (Wildman–Crippen MR) is 120 cm³/mol. The van der Waals surface area contributed by atoms with E-state index >= 15 is 0 Å². The number of hydrogen-bond donors (Lipinski definition) is 1. The van der Waals surface area contributed by atoms with Crippen molar-refractivity contribution >= 4 is 27.0 Å². The lowest BCUT2D eigenvalue weighted by Crippen LogP contribution is -2.47. The smallest absolute Gasteiger partial charge is 0.259 e. The van der Waals surface area contributed by atoms with Crippen molar-refractivity contribution in [2.75, 3.05) is 18.8 Å². The maximum absolute atomic E-state index is 13.5. The standard InChI is InChI=1S/C22H28N4O5S/c1-5-10-32(28,29)25-16-6-8-26(9-7-16)22(27)18-12-19(17-11-13(2)30-15(17)4)23-21-20(18)14(3)24-31-21/h11-12,16,25H,5-10H2,1-4H3. The lowest BCUT2D eigenvalue weighted by atomic mass is 10.0. The largest absolute Gasteiger partial charge is 0.466 e. The minimum atomic E-state index is -3.28. The number of aromatic nitrogens is 2. The molecule has 0 atom stereocenters. The van der Waals surface area contributed by atoms with E-state index in [9.17, 15) is 13.2 Å². The van der Waals surface area contributed by atoms with Crippen molar-refractivity contribution in [3.8, 4) is 11.3 Å². The lowest BCUT2D eigenvalue weighted by Gasteiger charge is -2.32. The Morgan fingerprint density at radius 2 is 1.94 bits per heavy atom. The van der Waals surface area contributed by atoms with Crippen LogP contribution in [0.1, 0.15) is 53.8 Å². The van der Waals surface area contributed by atoms with Gasteiger partial charge < -0.3 is 13.8 Å². The van der Waals surface area contributed by atoms with Gasteiger partial charge in [0, 0.05) is 24.7 Å². The van der Waals surface area contributed by atoms with Crippen molar-refractivity contribution in [3.05, 3.63) is 34.9 Å². The lowest BCUT2D eigenvalue weighted by molar-refractivity contribution is 0.0713. The SMILES string of the molecule is CCCS(=O)(=O)NC1CCN(C(=O)c2cc(-c3cc(C)oc3C)nc3onc(C)c23)CC1. The molecule has 1 aliphatic heterocycles. The second kappa shape index (κ2) is 8.67. The summed E-state index contributed by atoms with van der Waals surface area (Å²) in [5, 5.41) is 4.61. The van der Waals surface area contributed by atoms with E-state index < -0.39 is 10.0 Å². The average Bonchev–Trinajstić information content (AvgIpc) is 3.28. The Bertz CT molecular complexity index is 1250. The molecule has 0 unspecified atom stereocenters. The molecule has 0 bridgehead atoms. The molecule has 10 heteroatoms. The molecular weight excluding hydrogens is 432 g/mol. The molecule has 1 aliphatic rings. The molecule has 0 aromatic carbocycles. The highest BCUT2D eigenvalue weighted by Gasteiger charge is 2.29. The van der Waals surface area contributed by atoms with Crippen LogP contribution in [-0.4, -0.2) is 54.2 Å². The Morgan fingerprint density at radius 3 is 2.56 bits per heavy atom. The first-order valence-corrected chi connectivity index (χ1v) is 12.5. The van der Waals surface area contributed by atoms with Gasteiger partial charge in [0.15, 0.2) is 0 Å². The number of fused-ring (bicyclic) bond motifs is 1. The van der Waals surface area contributed by atoms with Gasteiger partial charge in [0.05, 0.1) is 28.1 Å². The number of rotatable bonds is 6. The van der Waals surface area contributed by atoms with E-state index in [-0.39, 0.29) is 17.7 Å². The molecule has 3 aromatic rings. The summed E-state index contributed by atoms with van der Waals surface area (Å²) in [6, 6.07) is 3.49. The van der Waals surface area contributed by atoms with Gasteiger partial charge in [0.1, 0.15) is 11.5 Å². The molecule has 0 aliphatic carbocycles. The van der Waals surface area contributed by atoms with E-state index in [1.807, 2.05) is 26.8 Å². The number of sulfonamides is 1. The van der Waals surface area contributed by atoms with Crippen LogP contribution in [0, 0.1) is 20.8 Å². The highest BCUT2D eigenvalue weighted by molar-refractivity contribution is 7.89. The Kier molecular flexibility index (Phi) is 6.09. The molecule has 1 amide bonds. The quantitative estimate of drug-likeness (QED) is 0.599. The number of piperidine rings is 1. The van der Waals surface area contributed by atoms with Crippen LogP contribution in [0.15, 0.2) is 21.1 Å². The zero-order valence-corrected chi connectivity index (χ0v) is 19.6. The van der Waals surface area contributed by atoms with Crippen LogP contribution < -0.4 is 4.72 Å². The molecule has 4 rings (SSSR count). The number of carbonyl (C=O) groups excluding carboxylic acids is 1. The van der Waals surface area contributed by atoms with Crippen molar-refractivity contribution in [1.82, 2.24) is 19.8 Å². The van der Waals surface area contributed by atoms with E-state index in [0.717, 1.165) is 11.3 Å². The second-order valence-electron chi connectivity index (χ2n) is 8.33. The zero-order chi connectivity index (χ0) is 23.0.